The van der Waals surface area contributed by atoms with Gasteiger partial charge in [-0.1, -0.05) is 17.7 Å². The first-order valence-corrected chi connectivity index (χ1v) is 5.34. The largest absolute Gasteiger partial charge is 0.459 e. The first-order valence-electron chi connectivity index (χ1n) is 4.17. The molecule has 0 saturated heterocycles. The highest BCUT2D eigenvalue weighted by molar-refractivity contribution is 9.10. The van der Waals surface area contributed by atoms with E-state index < -0.39 is 5.97 Å². The topological polar surface area (TPSA) is 26.3 Å². The van der Waals surface area contributed by atoms with Gasteiger partial charge in [0.1, 0.15) is 0 Å². The van der Waals surface area contributed by atoms with Gasteiger partial charge in [0.25, 0.3) is 0 Å². The molecule has 14 heavy (non-hydrogen) atoms. The lowest BCUT2D eigenvalue weighted by atomic mass is 10.2. The van der Waals surface area contributed by atoms with Gasteiger partial charge in [-0.3, -0.25) is 0 Å². The van der Waals surface area contributed by atoms with Gasteiger partial charge in [0.15, 0.2) is 0 Å². The molecule has 0 aliphatic heterocycles. The zero-order valence-electron chi connectivity index (χ0n) is 7.88. The van der Waals surface area contributed by atoms with E-state index in [1.807, 2.05) is 0 Å². The average Bonchev–Trinajstić information content (AvgIpc) is 2.08. The lowest BCUT2D eigenvalue weighted by Gasteiger charge is -2.09. The third-order valence-electron chi connectivity index (χ3n) is 1.51. The number of hydrogen-bond donors (Lipinski definition) is 0. The summed E-state index contributed by atoms with van der Waals surface area (Å²) < 4.78 is 5.72. The molecule has 0 aliphatic carbocycles. The minimum absolute atomic E-state index is 0.141. The number of carbonyl (C=O) groups is 1. The highest BCUT2D eigenvalue weighted by Crippen LogP contribution is 2.26. The summed E-state index contributed by atoms with van der Waals surface area (Å²) in [6, 6.07) is 5.15. The smallest absolute Gasteiger partial charge is 0.339 e. The normalized spacial score (nSPS) is 10.4. The maximum absolute atomic E-state index is 11.5. The molecule has 0 N–H and O–H groups in total. The van der Waals surface area contributed by atoms with Gasteiger partial charge >= 0.3 is 5.97 Å². The second-order valence-corrected chi connectivity index (χ2v) is 4.29. The van der Waals surface area contributed by atoms with Gasteiger partial charge < -0.3 is 4.74 Å². The standard InChI is InChI=1S/C10H10BrClO2/c1-6(2)14-10(13)7-4-3-5-8(11)9(7)12/h3-6H,1-2H3. The molecule has 0 radical (unpaired) electrons. The van der Waals surface area contributed by atoms with E-state index in [1.165, 1.54) is 0 Å². The summed E-state index contributed by atoms with van der Waals surface area (Å²) in [7, 11) is 0. The Kier molecular flexibility index (Phi) is 3.96. The van der Waals surface area contributed by atoms with Crippen molar-refractivity contribution in [3.8, 4) is 0 Å². The molecular formula is C10H10BrClO2. The van der Waals surface area contributed by atoms with E-state index in [9.17, 15) is 4.79 Å². The van der Waals surface area contributed by atoms with Gasteiger partial charge in [0, 0.05) is 4.47 Å². The predicted octanol–water partition coefficient (Wildman–Crippen LogP) is 3.67. The van der Waals surface area contributed by atoms with Crippen molar-refractivity contribution in [2.24, 2.45) is 0 Å². The third kappa shape index (κ3) is 2.72. The molecule has 76 valence electrons. The lowest BCUT2D eigenvalue weighted by molar-refractivity contribution is 0.0378. The Morgan fingerprint density at radius 3 is 2.71 bits per heavy atom. The molecule has 0 unspecified atom stereocenters. The molecule has 0 heterocycles. The van der Waals surface area contributed by atoms with Crippen LogP contribution in [-0.4, -0.2) is 12.1 Å². The number of carbonyl (C=O) groups excluding carboxylic acids is 1. The summed E-state index contributed by atoms with van der Waals surface area (Å²) in [6.07, 6.45) is -0.141. The molecule has 0 amide bonds. The van der Waals surface area contributed by atoms with Crippen molar-refractivity contribution < 1.29 is 9.53 Å². The fourth-order valence-electron chi connectivity index (χ4n) is 0.939. The van der Waals surface area contributed by atoms with Crippen LogP contribution in [-0.2, 0) is 4.74 Å². The summed E-state index contributed by atoms with van der Waals surface area (Å²) >= 11 is 9.16. The van der Waals surface area contributed by atoms with Gasteiger partial charge in [-0.15, -0.1) is 0 Å². The first-order chi connectivity index (χ1) is 6.52. The van der Waals surface area contributed by atoms with Gasteiger partial charge in [0.2, 0.25) is 0 Å². The van der Waals surface area contributed by atoms with E-state index in [4.69, 9.17) is 16.3 Å². The number of esters is 1. The van der Waals surface area contributed by atoms with E-state index in [-0.39, 0.29) is 6.10 Å². The highest BCUT2D eigenvalue weighted by Gasteiger charge is 2.14. The Bertz CT molecular complexity index is 350. The molecule has 0 saturated carbocycles. The zero-order chi connectivity index (χ0) is 10.7. The van der Waals surface area contributed by atoms with Crippen molar-refractivity contribution in [1.29, 1.82) is 0 Å². The first kappa shape index (κ1) is 11.5. The van der Waals surface area contributed by atoms with Crippen LogP contribution >= 0.6 is 27.5 Å². The Morgan fingerprint density at radius 1 is 1.50 bits per heavy atom. The minimum Gasteiger partial charge on any atom is -0.459 e. The zero-order valence-corrected chi connectivity index (χ0v) is 10.2. The van der Waals surface area contributed by atoms with Crippen LogP contribution < -0.4 is 0 Å². The minimum atomic E-state index is -0.397. The monoisotopic (exact) mass is 276 g/mol. The van der Waals surface area contributed by atoms with Crippen LogP contribution in [0.4, 0.5) is 0 Å². The van der Waals surface area contributed by atoms with E-state index in [0.717, 1.165) is 0 Å². The maximum atomic E-state index is 11.5. The molecule has 0 spiro atoms. The number of rotatable bonds is 2. The van der Waals surface area contributed by atoms with Crippen molar-refractivity contribution in [1.82, 2.24) is 0 Å². The Hall–Kier alpha value is -0.540. The van der Waals surface area contributed by atoms with E-state index in [1.54, 1.807) is 32.0 Å². The van der Waals surface area contributed by atoms with Gasteiger partial charge in [-0.05, 0) is 41.9 Å². The molecular weight excluding hydrogens is 267 g/mol. The molecule has 0 bridgehead atoms. The van der Waals surface area contributed by atoms with E-state index >= 15 is 0 Å². The molecule has 1 rings (SSSR count). The number of hydrogen-bond acceptors (Lipinski definition) is 2. The molecule has 0 atom stereocenters. The maximum Gasteiger partial charge on any atom is 0.339 e. The van der Waals surface area contributed by atoms with Crippen molar-refractivity contribution in [2.75, 3.05) is 0 Å². The van der Waals surface area contributed by atoms with Crippen LogP contribution in [0.3, 0.4) is 0 Å². The van der Waals surface area contributed by atoms with Crippen molar-refractivity contribution in [3.63, 3.8) is 0 Å². The number of benzene rings is 1. The van der Waals surface area contributed by atoms with Crippen molar-refractivity contribution >= 4 is 33.5 Å². The van der Waals surface area contributed by atoms with Crippen molar-refractivity contribution in [3.05, 3.63) is 33.3 Å². The summed E-state index contributed by atoms with van der Waals surface area (Å²) in [5, 5.41) is 0.387. The van der Waals surface area contributed by atoms with Gasteiger partial charge in [-0.25, -0.2) is 4.79 Å². The summed E-state index contributed by atoms with van der Waals surface area (Å²) in [6.45, 7) is 3.59. The predicted molar refractivity (Wildman–Crippen MR) is 59.7 cm³/mol. The SMILES string of the molecule is CC(C)OC(=O)c1cccc(Br)c1Cl. The second kappa shape index (κ2) is 4.80. The van der Waals surface area contributed by atoms with Crippen LogP contribution in [0, 0.1) is 0 Å². The van der Waals surface area contributed by atoms with Gasteiger partial charge in [-0.2, -0.15) is 0 Å². The molecule has 0 aliphatic rings. The Labute approximate surface area is 96.3 Å². The quantitative estimate of drug-likeness (QED) is 0.771. The molecule has 0 aromatic heterocycles. The number of halogens is 2. The fourth-order valence-corrected chi connectivity index (χ4v) is 1.51. The average molecular weight is 278 g/mol. The summed E-state index contributed by atoms with van der Waals surface area (Å²) in [5.74, 6) is -0.397. The Balaban J connectivity index is 2.96. The Morgan fingerprint density at radius 2 is 2.14 bits per heavy atom. The summed E-state index contributed by atoms with van der Waals surface area (Å²) in [4.78, 5) is 11.5. The van der Waals surface area contributed by atoms with Crippen LogP contribution in [0.15, 0.2) is 22.7 Å². The van der Waals surface area contributed by atoms with Crippen molar-refractivity contribution in [2.45, 2.75) is 20.0 Å². The molecule has 0 fully saturated rings. The third-order valence-corrected chi connectivity index (χ3v) is 2.81. The highest BCUT2D eigenvalue weighted by atomic mass is 79.9. The molecule has 2 nitrogen and oxygen atoms in total. The molecule has 1 aromatic carbocycles. The van der Waals surface area contributed by atoms with Crippen LogP contribution in [0.25, 0.3) is 0 Å². The lowest BCUT2D eigenvalue weighted by Crippen LogP contribution is -2.12. The van der Waals surface area contributed by atoms with E-state index in [0.29, 0.717) is 15.1 Å². The van der Waals surface area contributed by atoms with Crippen LogP contribution in [0.2, 0.25) is 5.02 Å². The van der Waals surface area contributed by atoms with Crippen LogP contribution in [0.5, 0.6) is 0 Å². The summed E-state index contributed by atoms with van der Waals surface area (Å²) in [5.41, 5.74) is 0.384. The molecule has 4 heteroatoms. The van der Waals surface area contributed by atoms with E-state index in [2.05, 4.69) is 15.9 Å². The number of ether oxygens (including phenoxy) is 1. The fraction of sp³-hybridized carbons (Fsp3) is 0.300. The van der Waals surface area contributed by atoms with Gasteiger partial charge in [0.05, 0.1) is 16.7 Å². The molecule has 1 aromatic rings. The second-order valence-electron chi connectivity index (χ2n) is 3.06. The van der Waals surface area contributed by atoms with Crippen LogP contribution in [0.1, 0.15) is 24.2 Å².